The maximum atomic E-state index is 13.4. The van der Waals surface area contributed by atoms with Gasteiger partial charge in [-0.05, 0) is 31.7 Å². The van der Waals surface area contributed by atoms with Gasteiger partial charge in [-0.15, -0.1) is 17.9 Å². The van der Waals surface area contributed by atoms with Gasteiger partial charge in [-0.1, -0.05) is 48.6 Å². The predicted octanol–water partition coefficient (Wildman–Crippen LogP) is 4.81. The zero-order chi connectivity index (χ0) is 21.8. The van der Waals surface area contributed by atoms with Crippen molar-refractivity contribution in [3.63, 3.8) is 0 Å². The van der Waals surface area contributed by atoms with Crippen LogP contribution in [-0.4, -0.2) is 50.8 Å². The second kappa shape index (κ2) is 9.62. The van der Waals surface area contributed by atoms with E-state index in [-0.39, 0.29) is 5.91 Å². The summed E-state index contributed by atoms with van der Waals surface area (Å²) in [6.07, 6.45) is 11.3. The van der Waals surface area contributed by atoms with Gasteiger partial charge >= 0.3 is 0 Å². The van der Waals surface area contributed by atoms with Crippen LogP contribution in [0.15, 0.2) is 66.7 Å². The molecule has 3 aromatic rings. The SMILES string of the molecule is C=CC[C@@H]1CC=C[C@@H](C)N1Cc1c(C(=O)N(C)CCc2ccccc2)nc2sccn12. The van der Waals surface area contributed by atoms with Gasteiger partial charge in [0.25, 0.3) is 5.91 Å². The van der Waals surface area contributed by atoms with Crippen molar-refractivity contribution in [3.05, 3.63) is 83.7 Å². The van der Waals surface area contributed by atoms with E-state index in [1.54, 1.807) is 16.2 Å². The van der Waals surface area contributed by atoms with Crippen LogP contribution in [0.5, 0.6) is 0 Å². The summed E-state index contributed by atoms with van der Waals surface area (Å²) in [5, 5.41) is 2.03. The summed E-state index contributed by atoms with van der Waals surface area (Å²) in [6.45, 7) is 7.51. The summed E-state index contributed by atoms with van der Waals surface area (Å²) in [5.41, 5.74) is 2.78. The van der Waals surface area contributed by atoms with E-state index in [2.05, 4.69) is 47.1 Å². The van der Waals surface area contributed by atoms with Crippen LogP contribution >= 0.6 is 11.3 Å². The number of carbonyl (C=O) groups is 1. The third-order valence-electron chi connectivity index (χ3n) is 6.08. The molecule has 0 aliphatic carbocycles. The van der Waals surface area contributed by atoms with Crippen LogP contribution in [0.3, 0.4) is 0 Å². The number of carbonyl (C=O) groups excluding carboxylic acids is 1. The minimum atomic E-state index is -0.0118. The maximum absolute atomic E-state index is 13.4. The van der Waals surface area contributed by atoms with Crippen molar-refractivity contribution in [1.29, 1.82) is 0 Å². The molecule has 162 valence electrons. The monoisotopic (exact) mass is 434 g/mol. The Balaban J connectivity index is 1.57. The van der Waals surface area contributed by atoms with E-state index < -0.39 is 0 Å². The minimum Gasteiger partial charge on any atom is -0.340 e. The lowest BCUT2D eigenvalue weighted by molar-refractivity contribution is 0.0786. The fourth-order valence-electron chi connectivity index (χ4n) is 4.26. The van der Waals surface area contributed by atoms with Gasteiger partial charge in [0.1, 0.15) is 0 Å². The highest BCUT2D eigenvalue weighted by molar-refractivity contribution is 7.15. The van der Waals surface area contributed by atoms with Crippen molar-refractivity contribution in [2.45, 2.75) is 44.8 Å². The number of nitrogens with zero attached hydrogens (tertiary/aromatic N) is 4. The molecule has 1 aliphatic rings. The summed E-state index contributed by atoms with van der Waals surface area (Å²) in [7, 11) is 1.87. The summed E-state index contributed by atoms with van der Waals surface area (Å²) in [6, 6.07) is 11.0. The molecule has 1 aliphatic heterocycles. The van der Waals surface area contributed by atoms with Crippen molar-refractivity contribution < 1.29 is 4.79 Å². The number of amides is 1. The highest BCUT2D eigenvalue weighted by Crippen LogP contribution is 2.26. The second-order valence-corrected chi connectivity index (χ2v) is 9.05. The van der Waals surface area contributed by atoms with Gasteiger partial charge in [-0.2, -0.15) is 0 Å². The van der Waals surface area contributed by atoms with E-state index in [0.29, 0.717) is 30.9 Å². The van der Waals surface area contributed by atoms with Crippen LogP contribution in [0.25, 0.3) is 4.96 Å². The Labute approximate surface area is 188 Å². The molecule has 0 bridgehead atoms. The topological polar surface area (TPSA) is 40.9 Å². The molecule has 1 amide bonds. The Morgan fingerprint density at radius 1 is 1.35 bits per heavy atom. The average molecular weight is 435 g/mol. The molecule has 31 heavy (non-hydrogen) atoms. The zero-order valence-corrected chi connectivity index (χ0v) is 19.1. The number of rotatable bonds is 8. The van der Waals surface area contributed by atoms with Gasteiger partial charge in [-0.25, -0.2) is 4.98 Å². The van der Waals surface area contributed by atoms with Crippen molar-refractivity contribution in [1.82, 2.24) is 19.2 Å². The van der Waals surface area contributed by atoms with Gasteiger partial charge in [0.05, 0.1) is 5.69 Å². The van der Waals surface area contributed by atoms with Gasteiger partial charge in [0, 0.05) is 43.8 Å². The van der Waals surface area contributed by atoms with Crippen LogP contribution in [-0.2, 0) is 13.0 Å². The fourth-order valence-corrected chi connectivity index (χ4v) is 4.99. The van der Waals surface area contributed by atoms with Crippen LogP contribution in [0.2, 0.25) is 0 Å². The standard InChI is InChI=1S/C25H30N4OS/c1-4-9-21-13-8-10-19(2)29(21)18-22-23(26-25-28(22)16-17-31-25)24(30)27(3)15-14-20-11-6-5-7-12-20/h4-8,10-12,16-17,19,21H,1,9,13-15,18H2,2-3H3/t19-,21-/m1/s1. The van der Waals surface area contributed by atoms with E-state index >= 15 is 0 Å². The number of thiazole rings is 1. The number of aromatic nitrogens is 2. The fraction of sp³-hybridized carbons (Fsp3) is 0.360. The Morgan fingerprint density at radius 2 is 2.16 bits per heavy atom. The molecule has 0 radical (unpaired) electrons. The summed E-state index contributed by atoms with van der Waals surface area (Å²) < 4.78 is 2.08. The lowest BCUT2D eigenvalue weighted by atomic mass is 10.00. The van der Waals surface area contributed by atoms with Crippen molar-refractivity contribution >= 4 is 22.2 Å². The number of hydrogen-bond donors (Lipinski definition) is 0. The molecule has 4 rings (SSSR count). The third kappa shape index (κ3) is 4.65. The smallest absolute Gasteiger partial charge is 0.274 e. The average Bonchev–Trinajstić information content (AvgIpc) is 3.37. The molecule has 6 heteroatoms. The van der Waals surface area contributed by atoms with Crippen molar-refractivity contribution in [3.8, 4) is 0 Å². The maximum Gasteiger partial charge on any atom is 0.274 e. The zero-order valence-electron chi connectivity index (χ0n) is 18.3. The van der Waals surface area contributed by atoms with Gasteiger partial charge in [-0.3, -0.25) is 14.1 Å². The molecular weight excluding hydrogens is 404 g/mol. The van der Waals surface area contributed by atoms with E-state index in [0.717, 1.165) is 29.9 Å². The van der Waals surface area contributed by atoms with Crippen molar-refractivity contribution in [2.24, 2.45) is 0 Å². The molecule has 2 aromatic heterocycles. The number of hydrogen-bond acceptors (Lipinski definition) is 4. The lowest BCUT2D eigenvalue weighted by Gasteiger charge is -2.37. The predicted molar refractivity (Wildman–Crippen MR) is 128 cm³/mol. The van der Waals surface area contributed by atoms with Crippen LogP contribution in [0.4, 0.5) is 0 Å². The summed E-state index contributed by atoms with van der Waals surface area (Å²) in [4.78, 5) is 23.3. The quantitative estimate of drug-likeness (QED) is 0.478. The Bertz CT molecular complexity index is 1070. The molecule has 0 saturated heterocycles. The van der Waals surface area contributed by atoms with E-state index in [1.165, 1.54) is 5.56 Å². The summed E-state index contributed by atoms with van der Waals surface area (Å²) >= 11 is 1.57. The molecule has 0 unspecified atom stereocenters. The third-order valence-corrected chi connectivity index (χ3v) is 6.83. The Kier molecular flexibility index (Phi) is 6.68. The number of fused-ring (bicyclic) bond motifs is 1. The van der Waals surface area contributed by atoms with Crippen LogP contribution in [0, 0.1) is 0 Å². The first-order valence-corrected chi connectivity index (χ1v) is 11.7. The Hall–Kier alpha value is -2.70. The van der Waals surface area contributed by atoms with Gasteiger partial charge in [0.15, 0.2) is 10.7 Å². The summed E-state index contributed by atoms with van der Waals surface area (Å²) in [5.74, 6) is -0.0118. The highest BCUT2D eigenvalue weighted by Gasteiger charge is 2.29. The first-order valence-electron chi connectivity index (χ1n) is 10.9. The molecule has 1 aromatic carbocycles. The molecular formula is C25H30N4OS. The largest absolute Gasteiger partial charge is 0.340 e. The molecule has 3 heterocycles. The number of imidazole rings is 1. The first-order chi connectivity index (χ1) is 15.1. The molecule has 5 nitrogen and oxygen atoms in total. The molecule has 0 N–H and O–H groups in total. The first kappa shape index (κ1) is 21.5. The number of likely N-dealkylation sites (N-methyl/N-ethyl adjacent to an activating group) is 1. The van der Waals surface area contributed by atoms with E-state index in [1.807, 2.05) is 42.9 Å². The minimum absolute atomic E-state index is 0.0118. The van der Waals surface area contributed by atoms with Crippen molar-refractivity contribution in [2.75, 3.05) is 13.6 Å². The molecule has 0 saturated carbocycles. The highest BCUT2D eigenvalue weighted by atomic mass is 32.1. The Morgan fingerprint density at radius 3 is 2.94 bits per heavy atom. The van der Waals surface area contributed by atoms with E-state index in [4.69, 9.17) is 4.98 Å². The molecule has 2 atom stereocenters. The second-order valence-electron chi connectivity index (χ2n) is 8.18. The van der Waals surface area contributed by atoms with Crippen LogP contribution in [0.1, 0.15) is 41.5 Å². The lowest BCUT2D eigenvalue weighted by Crippen LogP contribution is -2.43. The van der Waals surface area contributed by atoms with Gasteiger partial charge < -0.3 is 4.90 Å². The molecule has 0 spiro atoms. The van der Waals surface area contributed by atoms with E-state index in [9.17, 15) is 4.79 Å². The normalized spacial score (nSPS) is 19.0. The molecule has 0 fully saturated rings. The number of benzene rings is 1. The van der Waals surface area contributed by atoms with Crippen LogP contribution < -0.4 is 0 Å². The van der Waals surface area contributed by atoms with Gasteiger partial charge in [0.2, 0.25) is 0 Å².